The summed E-state index contributed by atoms with van der Waals surface area (Å²) in [7, 11) is 3.30. The predicted octanol–water partition coefficient (Wildman–Crippen LogP) is 7.08. The summed E-state index contributed by atoms with van der Waals surface area (Å²) < 4.78 is 12.7. The van der Waals surface area contributed by atoms with Crippen molar-refractivity contribution in [2.24, 2.45) is 13.0 Å². The van der Waals surface area contributed by atoms with Crippen LogP contribution in [0.4, 0.5) is 10.7 Å². The molecule has 0 unspecified atom stereocenters. The van der Waals surface area contributed by atoms with Gasteiger partial charge in [0.1, 0.15) is 6.10 Å². The second-order valence-electron chi connectivity index (χ2n) is 12.1. The Morgan fingerprint density at radius 3 is 2.09 bits per heavy atom. The van der Waals surface area contributed by atoms with Gasteiger partial charge in [-0.1, -0.05) is 37.0 Å². The lowest BCUT2D eigenvalue weighted by atomic mass is 9.87. The van der Waals surface area contributed by atoms with Gasteiger partial charge >= 0.3 is 12.1 Å². The number of carbonyl (C=O) groups is 2. The normalized spacial score (nSPS) is 23.4. The van der Waals surface area contributed by atoms with Crippen molar-refractivity contribution in [2.45, 2.75) is 96.0 Å². The Morgan fingerprint density at radius 1 is 0.933 bits per heavy atom. The number of piperidine rings is 1. The lowest BCUT2D eigenvalue weighted by Gasteiger charge is -2.47. The zero-order chi connectivity index (χ0) is 32.1. The van der Waals surface area contributed by atoms with Gasteiger partial charge in [0.15, 0.2) is 0 Å². The van der Waals surface area contributed by atoms with Crippen molar-refractivity contribution in [2.75, 3.05) is 12.0 Å². The molecule has 3 atom stereocenters. The van der Waals surface area contributed by atoms with Crippen molar-refractivity contribution in [1.82, 2.24) is 24.6 Å². The first-order valence-electron chi connectivity index (χ1n) is 15.8. The Balaban J connectivity index is 1.36. The van der Waals surface area contributed by atoms with Gasteiger partial charge in [-0.15, -0.1) is 0 Å². The molecule has 0 N–H and O–H groups in total. The molecule has 3 heterocycles. The molecule has 1 aliphatic carbocycles. The van der Waals surface area contributed by atoms with Gasteiger partial charge < -0.3 is 19.3 Å². The summed E-state index contributed by atoms with van der Waals surface area (Å²) in [6.45, 7) is 4.74. The first-order valence-corrected chi connectivity index (χ1v) is 16.5. The molecule has 1 aromatic carbocycles. The number of hydrogen-bond donors (Lipinski definition) is 0. The van der Waals surface area contributed by atoms with Gasteiger partial charge in [0.2, 0.25) is 5.95 Å². The molecule has 1 saturated carbocycles. The fraction of sp³-hybridized carbons (Fsp3) is 0.545. The van der Waals surface area contributed by atoms with E-state index < -0.39 is 0 Å². The Hall–Kier alpha value is -3.37. The van der Waals surface area contributed by atoms with Crippen LogP contribution >= 0.6 is 23.2 Å². The monoisotopic (exact) mass is 656 g/mol. The molecular formula is C33H42Cl2N6O4. The number of aryl methyl sites for hydroxylation is 1. The summed E-state index contributed by atoms with van der Waals surface area (Å²) in [6.07, 6.45) is 12.6. The van der Waals surface area contributed by atoms with Crippen LogP contribution in [0.5, 0.6) is 0 Å². The average Bonchev–Trinajstić information content (AvgIpc) is 3.48. The highest BCUT2D eigenvalue weighted by Crippen LogP contribution is 2.35. The molecule has 45 heavy (non-hydrogen) atoms. The number of amides is 1. The Labute approximate surface area is 275 Å². The van der Waals surface area contributed by atoms with E-state index in [1.54, 1.807) is 16.9 Å². The first kappa shape index (κ1) is 33.0. The van der Waals surface area contributed by atoms with Crippen LogP contribution in [0.1, 0.15) is 70.8 Å². The lowest BCUT2D eigenvalue weighted by molar-refractivity contribution is -0.147. The van der Waals surface area contributed by atoms with E-state index in [1.807, 2.05) is 42.7 Å². The van der Waals surface area contributed by atoms with E-state index in [9.17, 15) is 9.59 Å². The number of likely N-dealkylation sites (tertiary alicyclic amines) is 1. The van der Waals surface area contributed by atoms with Crippen molar-refractivity contribution < 1.29 is 19.1 Å². The first-order chi connectivity index (χ1) is 21.7. The van der Waals surface area contributed by atoms with Crippen LogP contribution in [0, 0.1) is 5.92 Å². The predicted molar refractivity (Wildman–Crippen MR) is 174 cm³/mol. The van der Waals surface area contributed by atoms with E-state index in [0.717, 1.165) is 42.4 Å². The minimum atomic E-state index is -0.265. The third-order valence-electron chi connectivity index (χ3n) is 9.15. The van der Waals surface area contributed by atoms with Crippen molar-refractivity contribution in [3.8, 4) is 11.1 Å². The molecule has 1 saturated heterocycles. The molecule has 0 radical (unpaired) electrons. The standard InChI is InChI=1S/C33H42Cl2N6O4/c1-5-27-14-29(15-28(6-2)41(27)33(43)45-30-9-7-22(8-10-30)31(42)44-4)40(19-21-11-25(34)13-26(35)12-21)32-36-16-23(17-37-32)24-18-38-39(3)20-24/h11-13,16-18,20,22,27-30H,5-10,14-15,19H2,1-4H3/t22-,27-,28+,29+,30-. The fourth-order valence-corrected chi connectivity index (χ4v) is 7.34. The van der Waals surface area contributed by atoms with Crippen LogP contribution in [0.2, 0.25) is 10.0 Å². The Kier molecular flexibility index (Phi) is 10.9. The summed E-state index contributed by atoms with van der Waals surface area (Å²) in [4.78, 5) is 39.5. The molecule has 0 spiro atoms. The topological polar surface area (TPSA) is 103 Å². The minimum absolute atomic E-state index is 0.0206. The maximum Gasteiger partial charge on any atom is 0.410 e. The van der Waals surface area contributed by atoms with Crippen LogP contribution < -0.4 is 4.90 Å². The largest absolute Gasteiger partial charge is 0.469 e. The number of halogens is 2. The second-order valence-corrected chi connectivity index (χ2v) is 13.0. The molecule has 10 nitrogen and oxygen atoms in total. The van der Waals surface area contributed by atoms with Crippen molar-refractivity contribution in [1.29, 1.82) is 0 Å². The van der Waals surface area contributed by atoms with E-state index in [-0.39, 0.29) is 42.2 Å². The maximum atomic E-state index is 13.7. The molecule has 1 amide bonds. The summed E-state index contributed by atoms with van der Waals surface area (Å²) >= 11 is 12.8. The summed E-state index contributed by atoms with van der Waals surface area (Å²) in [5.74, 6) is 0.305. The molecule has 2 fully saturated rings. The lowest BCUT2D eigenvalue weighted by Crippen LogP contribution is -2.57. The molecule has 12 heteroatoms. The molecule has 5 rings (SSSR count). The third-order valence-corrected chi connectivity index (χ3v) is 9.59. The van der Waals surface area contributed by atoms with Crippen molar-refractivity contribution in [3.63, 3.8) is 0 Å². The maximum absolute atomic E-state index is 13.7. The van der Waals surface area contributed by atoms with Gasteiger partial charge in [0, 0.05) is 71.5 Å². The van der Waals surface area contributed by atoms with Crippen LogP contribution in [0.3, 0.4) is 0 Å². The molecule has 1 aliphatic heterocycles. The summed E-state index contributed by atoms with van der Waals surface area (Å²) in [5, 5.41) is 5.41. The van der Waals surface area contributed by atoms with Crippen LogP contribution in [-0.2, 0) is 27.9 Å². The van der Waals surface area contributed by atoms with Gasteiger partial charge in [-0.3, -0.25) is 9.48 Å². The fourth-order valence-electron chi connectivity index (χ4n) is 6.77. The van der Waals surface area contributed by atoms with Gasteiger partial charge in [-0.25, -0.2) is 14.8 Å². The van der Waals surface area contributed by atoms with E-state index in [4.69, 9.17) is 42.6 Å². The Morgan fingerprint density at radius 2 is 1.56 bits per heavy atom. The number of carbonyl (C=O) groups excluding carboxylic acids is 2. The molecular weight excluding hydrogens is 615 g/mol. The molecule has 0 bridgehead atoms. The van der Waals surface area contributed by atoms with Crippen LogP contribution in [0.25, 0.3) is 11.1 Å². The highest BCUT2D eigenvalue weighted by Gasteiger charge is 2.41. The summed E-state index contributed by atoms with van der Waals surface area (Å²) in [5.41, 5.74) is 2.78. The highest BCUT2D eigenvalue weighted by atomic mass is 35.5. The second kappa shape index (κ2) is 14.8. The van der Waals surface area contributed by atoms with E-state index in [2.05, 4.69) is 23.8 Å². The number of nitrogens with zero attached hydrogens (tertiary/aromatic N) is 6. The van der Waals surface area contributed by atoms with E-state index in [0.29, 0.717) is 48.2 Å². The van der Waals surface area contributed by atoms with Gasteiger partial charge in [0.05, 0.1) is 19.2 Å². The number of aromatic nitrogens is 4. The van der Waals surface area contributed by atoms with E-state index in [1.165, 1.54) is 7.11 Å². The number of benzene rings is 1. The molecule has 3 aromatic rings. The number of ether oxygens (including phenoxy) is 2. The molecule has 242 valence electrons. The SMILES string of the molecule is CC[C@@H]1C[C@H](N(Cc2cc(Cl)cc(Cl)c2)c2ncc(-c3cnn(C)c3)cn2)C[C@H](CC)N1C(=O)O[C@H]1CC[C@H](C(=O)OC)CC1. The highest BCUT2D eigenvalue weighted by molar-refractivity contribution is 6.34. The molecule has 2 aromatic heterocycles. The number of esters is 1. The van der Waals surface area contributed by atoms with Gasteiger partial charge in [-0.2, -0.15) is 5.10 Å². The summed E-state index contributed by atoms with van der Waals surface area (Å²) in [6, 6.07) is 5.57. The zero-order valence-electron chi connectivity index (χ0n) is 26.4. The van der Waals surface area contributed by atoms with E-state index >= 15 is 0 Å². The van der Waals surface area contributed by atoms with Gasteiger partial charge in [0.25, 0.3) is 0 Å². The minimum Gasteiger partial charge on any atom is -0.469 e. The van der Waals surface area contributed by atoms with Crippen molar-refractivity contribution >= 4 is 41.2 Å². The smallest absolute Gasteiger partial charge is 0.410 e. The van der Waals surface area contributed by atoms with Crippen LogP contribution in [-0.4, -0.2) is 68.1 Å². The zero-order valence-corrected chi connectivity index (χ0v) is 27.9. The van der Waals surface area contributed by atoms with Crippen LogP contribution in [0.15, 0.2) is 43.0 Å². The Bertz CT molecular complexity index is 1430. The van der Waals surface area contributed by atoms with Crippen molar-refractivity contribution in [3.05, 3.63) is 58.6 Å². The number of rotatable bonds is 9. The average molecular weight is 658 g/mol. The third kappa shape index (κ3) is 7.90. The quantitative estimate of drug-likeness (QED) is 0.225. The molecule has 2 aliphatic rings. The number of hydrogen-bond acceptors (Lipinski definition) is 8. The number of methoxy groups -OCH3 is 1. The van der Waals surface area contributed by atoms with Gasteiger partial charge in [-0.05, 0) is 75.1 Å². The number of anilines is 1.